The van der Waals surface area contributed by atoms with Crippen LogP contribution in [-0.2, 0) is 4.79 Å². The van der Waals surface area contributed by atoms with E-state index in [2.05, 4.69) is 4.98 Å². The number of carboxylic acids is 1. The van der Waals surface area contributed by atoms with Crippen LogP contribution >= 0.6 is 0 Å². The number of hydrogen-bond acceptors (Lipinski definition) is 2. The Morgan fingerprint density at radius 1 is 1.71 bits per heavy atom. The predicted octanol–water partition coefficient (Wildman–Crippen LogP) is 1.71. The van der Waals surface area contributed by atoms with E-state index in [9.17, 15) is 4.79 Å². The van der Waals surface area contributed by atoms with Crippen LogP contribution in [-0.4, -0.2) is 20.6 Å². The van der Waals surface area contributed by atoms with Gasteiger partial charge in [0.25, 0.3) is 0 Å². The van der Waals surface area contributed by atoms with E-state index in [1.54, 1.807) is 25.5 Å². The van der Waals surface area contributed by atoms with Gasteiger partial charge in [0.2, 0.25) is 0 Å². The molecule has 1 fully saturated rings. The van der Waals surface area contributed by atoms with Crippen LogP contribution in [0.3, 0.4) is 0 Å². The van der Waals surface area contributed by atoms with Crippen molar-refractivity contribution in [2.75, 3.05) is 0 Å². The molecule has 1 aromatic heterocycles. The Hall–Kier alpha value is -1.58. The van der Waals surface area contributed by atoms with E-state index in [4.69, 9.17) is 5.11 Å². The molecule has 2 rings (SSSR count). The first-order valence-corrected chi connectivity index (χ1v) is 4.62. The second-order valence-corrected chi connectivity index (χ2v) is 3.59. The molecule has 14 heavy (non-hydrogen) atoms. The van der Waals surface area contributed by atoms with Crippen LogP contribution < -0.4 is 0 Å². The lowest BCUT2D eigenvalue weighted by Gasteiger charge is -2.01. The molecule has 0 amide bonds. The highest BCUT2D eigenvalue weighted by atomic mass is 16.4. The summed E-state index contributed by atoms with van der Waals surface area (Å²) in [6.45, 7) is 1.59. The van der Waals surface area contributed by atoms with Gasteiger partial charge >= 0.3 is 5.97 Å². The Morgan fingerprint density at radius 3 is 3.00 bits per heavy atom. The van der Waals surface area contributed by atoms with Gasteiger partial charge in [-0.25, -0.2) is 9.78 Å². The molecular weight excluding hydrogens is 180 g/mol. The number of imidazole rings is 1. The molecule has 1 aromatic rings. The molecule has 1 aliphatic carbocycles. The van der Waals surface area contributed by atoms with Crippen molar-refractivity contribution in [3.63, 3.8) is 0 Å². The number of carboxylic acid groups (broad SMARTS) is 1. The Labute approximate surface area is 81.9 Å². The van der Waals surface area contributed by atoms with Crippen LogP contribution in [0.4, 0.5) is 0 Å². The first-order valence-electron chi connectivity index (χ1n) is 4.62. The highest BCUT2D eigenvalue weighted by Crippen LogP contribution is 2.35. The zero-order valence-electron chi connectivity index (χ0n) is 7.97. The summed E-state index contributed by atoms with van der Waals surface area (Å²) in [4.78, 5) is 14.6. The summed E-state index contributed by atoms with van der Waals surface area (Å²) >= 11 is 0. The van der Waals surface area contributed by atoms with Gasteiger partial charge < -0.3 is 9.67 Å². The van der Waals surface area contributed by atoms with Crippen LogP contribution in [0, 0.1) is 0 Å². The van der Waals surface area contributed by atoms with Gasteiger partial charge in [-0.1, -0.05) is 0 Å². The molecule has 0 aliphatic heterocycles. The van der Waals surface area contributed by atoms with E-state index in [0.29, 0.717) is 11.6 Å². The van der Waals surface area contributed by atoms with Crippen molar-refractivity contribution in [3.05, 3.63) is 23.8 Å². The smallest absolute Gasteiger partial charge is 0.331 e. The lowest BCUT2D eigenvalue weighted by atomic mass is 10.2. The first kappa shape index (κ1) is 8.99. The van der Waals surface area contributed by atoms with Gasteiger partial charge in [0, 0.05) is 11.6 Å². The van der Waals surface area contributed by atoms with Gasteiger partial charge in [-0.2, -0.15) is 0 Å². The second kappa shape index (κ2) is 3.29. The summed E-state index contributed by atoms with van der Waals surface area (Å²) in [5.74, 6) is -0.881. The predicted molar refractivity (Wildman–Crippen MR) is 51.8 cm³/mol. The number of aromatic nitrogens is 2. The van der Waals surface area contributed by atoms with Gasteiger partial charge in [0.15, 0.2) is 0 Å². The average molecular weight is 192 g/mol. The lowest BCUT2D eigenvalue weighted by Crippen LogP contribution is -1.99. The number of nitrogens with zero attached hydrogens (tertiary/aromatic N) is 2. The fraction of sp³-hybridized carbons (Fsp3) is 0.400. The van der Waals surface area contributed by atoms with E-state index in [1.807, 2.05) is 4.57 Å². The lowest BCUT2D eigenvalue weighted by molar-refractivity contribution is -0.132. The van der Waals surface area contributed by atoms with E-state index < -0.39 is 5.97 Å². The van der Waals surface area contributed by atoms with Crippen molar-refractivity contribution >= 4 is 12.0 Å². The van der Waals surface area contributed by atoms with Gasteiger partial charge in [-0.05, 0) is 25.8 Å². The van der Waals surface area contributed by atoms with Crippen LogP contribution in [0.25, 0.3) is 6.08 Å². The standard InChI is InChI=1S/C10H12N2O2/c1-7(10(13)14)4-9-5-11-6-12(9)8-2-3-8/h4-6,8H,2-3H2,1H3,(H,13,14). The molecular formula is C10H12N2O2. The molecule has 4 nitrogen and oxygen atoms in total. The van der Waals surface area contributed by atoms with E-state index in [-0.39, 0.29) is 0 Å². The average Bonchev–Trinajstić information content (AvgIpc) is 2.88. The molecule has 0 saturated heterocycles. The minimum absolute atomic E-state index is 0.340. The SMILES string of the molecule is CC(=Cc1cncn1C1CC1)C(=O)O. The molecule has 0 unspecified atom stereocenters. The topological polar surface area (TPSA) is 55.1 Å². The summed E-state index contributed by atoms with van der Waals surface area (Å²) < 4.78 is 2.03. The molecule has 1 heterocycles. The van der Waals surface area contributed by atoms with Crippen molar-refractivity contribution in [1.29, 1.82) is 0 Å². The molecule has 1 N–H and O–H groups in total. The largest absolute Gasteiger partial charge is 0.478 e. The molecule has 0 radical (unpaired) electrons. The second-order valence-electron chi connectivity index (χ2n) is 3.59. The fourth-order valence-corrected chi connectivity index (χ4v) is 1.37. The highest BCUT2D eigenvalue weighted by molar-refractivity contribution is 5.91. The zero-order valence-corrected chi connectivity index (χ0v) is 7.97. The number of aliphatic carboxylic acids is 1. The Morgan fingerprint density at radius 2 is 2.43 bits per heavy atom. The fourth-order valence-electron chi connectivity index (χ4n) is 1.37. The number of rotatable bonds is 3. The third kappa shape index (κ3) is 1.69. The highest BCUT2D eigenvalue weighted by Gasteiger charge is 2.24. The van der Waals surface area contributed by atoms with Crippen molar-refractivity contribution in [2.24, 2.45) is 0 Å². The van der Waals surface area contributed by atoms with E-state index >= 15 is 0 Å². The van der Waals surface area contributed by atoms with E-state index in [0.717, 1.165) is 5.69 Å². The summed E-state index contributed by atoms with van der Waals surface area (Å²) in [5.41, 5.74) is 1.22. The minimum atomic E-state index is -0.881. The van der Waals surface area contributed by atoms with Gasteiger partial charge in [0.05, 0.1) is 18.2 Å². The Kier molecular flexibility index (Phi) is 2.11. The molecule has 4 heteroatoms. The van der Waals surface area contributed by atoms with Crippen LogP contribution in [0.5, 0.6) is 0 Å². The normalized spacial score (nSPS) is 17.1. The quantitative estimate of drug-likeness (QED) is 0.741. The van der Waals surface area contributed by atoms with Crippen molar-refractivity contribution in [2.45, 2.75) is 25.8 Å². The number of carbonyl (C=O) groups is 1. The Balaban J connectivity index is 2.27. The van der Waals surface area contributed by atoms with Crippen molar-refractivity contribution < 1.29 is 9.90 Å². The van der Waals surface area contributed by atoms with Crippen LogP contribution in [0.1, 0.15) is 31.5 Å². The zero-order chi connectivity index (χ0) is 10.1. The summed E-state index contributed by atoms with van der Waals surface area (Å²) in [5, 5.41) is 8.73. The molecule has 1 aliphatic rings. The maximum absolute atomic E-state index is 10.6. The molecule has 0 spiro atoms. The molecule has 0 aromatic carbocycles. The summed E-state index contributed by atoms with van der Waals surface area (Å²) in [6, 6.07) is 0.533. The van der Waals surface area contributed by atoms with Crippen molar-refractivity contribution in [1.82, 2.24) is 9.55 Å². The maximum Gasteiger partial charge on any atom is 0.331 e. The molecule has 0 atom stereocenters. The monoisotopic (exact) mass is 192 g/mol. The molecule has 0 bridgehead atoms. The third-order valence-corrected chi connectivity index (χ3v) is 2.34. The third-order valence-electron chi connectivity index (χ3n) is 2.34. The molecule has 1 saturated carbocycles. The summed E-state index contributed by atoms with van der Waals surface area (Å²) in [7, 11) is 0. The number of hydrogen-bond donors (Lipinski definition) is 1. The van der Waals surface area contributed by atoms with Gasteiger partial charge in [0.1, 0.15) is 0 Å². The minimum Gasteiger partial charge on any atom is -0.478 e. The van der Waals surface area contributed by atoms with Crippen molar-refractivity contribution in [3.8, 4) is 0 Å². The van der Waals surface area contributed by atoms with Gasteiger partial charge in [-0.3, -0.25) is 0 Å². The van der Waals surface area contributed by atoms with Crippen LogP contribution in [0.2, 0.25) is 0 Å². The summed E-state index contributed by atoms with van der Waals surface area (Å²) in [6.07, 6.45) is 7.46. The van der Waals surface area contributed by atoms with Gasteiger partial charge in [-0.15, -0.1) is 0 Å². The molecule has 74 valence electrons. The van der Waals surface area contributed by atoms with Crippen LogP contribution in [0.15, 0.2) is 18.1 Å². The maximum atomic E-state index is 10.6. The Bertz CT molecular complexity index is 389. The first-order chi connectivity index (χ1) is 6.68. The van der Waals surface area contributed by atoms with E-state index in [1.165, 1.54) is 12.8 Å².